The molecule has 5 heteroatoms. The van der Waals surface area contributed by atoms with Crippen molar-refractivity contribution in [2.75, 3.05) is 13.1 Å². The first-order chi connectivity index (χ1) is 15.1. The molecule has 0 aliphatic carbocycles. The SMILES string of the molecule is CCN(CC)Cc1c(-c2ccccc2)c2cc([N+](=O)[O-])ccc2n1Cc1ccccc1. The quantitative estimate of drug-likeness (QED) is 0.259. The van der Waals surface area contributed by atoms with Crippen LogP contribution in [0, 0.1) is 10.1 Å². The predicted molar refractivity (Wildman–Crippen MR) is 126 cm³/mol. The maximum Gasteiger partial charge on any atom is 0.270 e. The third-order valence-corrected chi connectivity index (χ3v) is 5.88. The minimum absolute atomic E-state index is 0.121. The summed E-state index contributed by atoms with van der Waals surface area (Å²) in [5.74, 6) is 0. The lowest BCUT2D eigenvalue weighted by Gasteiger charge is -2.21. The van der Waals surface area contributed by atoms with Gasteiger partial charge in [-0.1, -0.05) is 74.5 Å². The molecule has 0 atom stereocenters. The molecule has 0 saturated carbocycles. The molecular weight excluding hydrogens is 386 g/mol. The minimum Gasteiger partial charge on any atom is -0.338 e. The van der Waals surface area contributed by atoms with E-state index in [9.17, 15) is 10.1 Å². The first kappa shape index (κ1) is 20.8. The molecule has 4 rings (SSSR count). The Kier molecular flexibility index (Phi) is 6.14. The summed E-state index contributed by atoms with van der Waals surface area (Å²) in [6, 6.07) is 25.8. The fourth-order valence-electron chi connectivity index (χ4n) is 4.21. The number of fused-ring (bicyclic) bond motifs is 1. The Morgan fingerprint density at radius 2 is 1.55 bits per heavy atom. The molecule has 5 nitrogen and oxygen atoms in total. The Balaban J connectivity index is 2.01. The number of non-ortho nitro benzene ring substituents is 1. The van der Waals surface area contributed by atoms with Crippen molar-refractivity contribution in [1.82, 2.24) is 9.47 Å². The number of nitro benzene ring substituents is 1. The molecule has 0 spiro atoms. The van der Waals surface area contributed by atoms with E-state index in [1.807, 2.05) is 42.5 Å². The van der Waals surface area contributed by atoms with Crippen LogP contribution in [0.1, 0.15) is 25.1 Å². The van der Waals surface area contributed by atoms with Gasteiger partial charge >= 0.3 is 0 Å². The van der Waals surface area contributed by atoms with Crippen LogP contribution in [0.25, 0.3) is 22.0 Å². The topological polar surface area (TPSA) is 51.3 Å². The van der Waals surface area contributed by atoms with E-state index >= 15 is 0 Å². The van der Waals surface area contributed by atoms with Crippen molar-refractivity contribution in [2.24, 2.45) is 0 Å². The van der Waals surface area contributed by atoms with Crippen LogP contribution in [0.15, 0.2) is 78.9 Å². The van der Waals surface area contributed by atoms with Gasteiger partial charge in [-0.2, -0.15) is 0 Å². The second kappa shape index (κ2) is 9.14. The lowest BCUT2D eigenvalue weighted by Crippen LogP contribution is -2.24. The van der Waals surface area contributed by atoms with E-state index in [-0.39, 0.29) is 10.6 Å². The third-order valence-electron chi connectivity index (χ3n) is 5.88. The van der Waals surface area contributed by atoms with Gasteiger partial charge < -0.3 is 4.57 Å². The average Bonchev–Trinajstić information content (AvgIpc) is 3.10. The highest BCUT2D eigenvalue weighted by molar-refractivity contribution is 5.99. The summed E-state index contributed by atoms with van der Waals surface area (Å²) in [6.45, 7) is 7.72. The van der Waals surface area contributed by atoms with Crippen LogP contribution in [0.5, 0.6) is 0 Å². The van der Waals surface area contributed by atoms with Crippen molar-refractivity contribution in [3.05, 3.63) is 100 Å². The average molecular weight is 414 g/mol. The number of hydrogen-bond donors (Lipinski definition) is 0. The van der Waals surface area contributed by atoms with E-state index in [4.69, 9.17) is 0 Å². The Morgan fingerprint density at radius 1 is 0.903 bits per heavy atom. The van der Waals surface area contributed by atoms with Gasteiger partial charge in [0.15, 0.2) is 0 Å². The van der Waals surface area contributed by atoms with Gasteiger partial charge in [-0.25, -0.2) is 0 Å². The van der Waals surface area contributed by atoms with E-state index in [0.29, 0.717) is 0 Å². The van der Waals surface area contributed by atoms with E-state index in [1.54, 1.807) is 12.1 Å². The number of nitro groups is 1. The largest absolute Gasteiger partial charge is 0.338 e. The molecule has 1 aromatic heterocycles. The van der Waals surface area contributed by atoms with Crippen LogP contribution in [0.4, 0.5) is 5.69 Å². The summed E-state index contributed by atoms with van der Waals surface area (Å²) in [6.07, 6.45) is 0. The molecule has 0 unspecified atom stereocenters. The molecule has 158 valence electrons. The second-order valence-corrected chi connectivity index (χ2v) is 7.68. The lowest BCUT2D eigenvalue weighted by atomic mass is 10.0. The standard InChI is InChI=1S/C26H27N3O2/c1-3-27(4-2)19-25-26(21-13-9-6-10-14-21)23-17-22(29(30)31)15-16-24(23)28(25)18-20-11-7-5-8-12-20/h5-17H,3-4,18-19H2,1-2H3. The zero-order valence-corrected chi connectivity index (χ0v) is 18.0. The van der Waals surface area contributed by atoms with Crippen LogP contribution in [0.3, 0.4) is 0 Å². The van der Waals surface area contributed by atoms with Crippen molar-refractivity contribution in [3.8, 4) is 11.1 Å². The highest BCUT2D eigenvalue weighted by atomic mass is 16.6. The van der Waals surface area contributed by atoms with Crippen LogP contribution in [0.2, 0.25) is 0 Å². The fraction of sp³-hybridized carbons (Fsp3) is 0.231. The van der Waals surface area contributed by atoms with Crippen molar-refractivity contribution in [3.63, 3.8) is 0 Å². The summed E-state index contributed by atoms with van der Waals surface area (Å²) in [7, 11) is 0. The Bertz CT molecular complexity index is 1180. The normalized spacial score (nSPS) is 11.3. The monoisotopic (exact) mass is 413 g/mol. The summed E-state index contributed by atoms with van der Waals surface area (Å²) in [5, 5.41) is 12.5. The van der Waals surface area contributed by atoms with Crippen LogP contribution < -0.4 is 0 Å². The molecule has 0 bridgehead atoms. The molecule has 1 heterocycles. The number of benzene rings is 3. The molecule has 0 N–H and O–H groups in total. The molecule has 4 aromatic rings. The third kappa shape index (κ3) is 4.23. The first-order valence-electron chi connectivity index (χ1n) is 10.7. The zero-order chi connectivity index (χ0) is 21.8. The Hall–Kier alpha value is -3.44. The van der Waals surface area contributed by atoms with Gasteiger partial charge in [-0.15, -0.1) is 0 Å². The van der Waals surface area contributed by atoms with E-state index < -0.39 is 0 Å². The van der Waals surface area contributed by atoms with E-state index in [1.165, 1.54) is 11.3 Å². The van der Waals surface area contributed by atoms with Gasteiger partial charge in [0.2, 0.25) is 0 Å². The Morgan fingerprint density at radius 3 is 2.16 bits per heavy atom. The number of nitrogens with zero attached hydrogens (tertiary/aromatic N) is 3. The zero-order valence-electron chi connectivity index (χ0n) is 18.0. The van der Waals surface area contributed by atoms with E-state index in [2.05, 4.69) is 47.6 Å². The van der Waals surface area contributed by atoms with Gasteiger partial charge in [-0.05, 0) is 30.3 Å². The number of rotatable bonds is 8. The lowest BCUT2D eigenvalue weighted by molar-refractivity contribution is -0.384. The summed E-state index contributed by atoms with van der Waals surface area (Å²) in [5.41, 5.74) is 5.71. The molecular formula is C26H27N3O2. The van der Waals surface area contributed by atoms with Crippen LogP contribution >= 0.6 is 0 Å². The maximum absolute atomic E-state index is 11.5. The highest BCUT2D eigenvalue weighted by Gasteiger charge is 2.22. The van der Waals surface area contributed by atoms with Crippen LogP contribution in [-0.4, -0.2) is 27.5 Å². The molecule has 3 aromatic carbocycles. The van der Waals surface area contributed by atoms with Gasteiger partial charge in [0.05, 0.1) is 4.92 Å². The van der Waals surface area contributed by atoms with Gasteiger partial charge in [0.1, 0.15) is 0 Å². The van der Waals surface area contributed by atoms with Crippen molar-refractivity contribution < 1.29 is 4.92 Å². The molecule has 0 fully saturated rings. The maximum atomic E-state index is 11.5. The van der Waals surface area contributed by atoms with Crippen molar-refractivity contribution in [1.29, 1.82) is 0 Å². The first-order valence-corrected chi connectivity index (χ1v) is 10.7. The summed E-state index contributed by atoms with van der Waals surface area (Å²) >= 11 is 0. The number of hydrogen-bond acceptors (Lipinski definition) is 3. The number of aromatic nitrogens is 1. The summed E-state index contributed by atoms with van der Waals surface area (Å²) < 4.78 is 2.33. The minimum atomic E-state index is -0.313. The smallest absolute Gasteiger partial charge is 0.270 e. The van der Waals surface area contributed by atoms with Crippen molar-refractivity contribution >= 4 is 16.6 Å². The Labute approximate surface area is 182 Å². The fourth-order valence-corrected chi connectivity index (χ4v) is 4.21. The van der Waals surface area contributed by atoms with Gasteiger partial charge in [-0.3, -0.25) is 15.0 Å². The molecule has 0 amide bonds. The molecule has 0 saturated heterocycles. The molecule has 0 aliphatic heterocycles. The second-order valence-electron chi connectivity index (χ2n) is 7.68. The van der Waals surface area contributed by atoms with Gasteiger partial charge in [0.25, 0.3) is 5.69 Å². The van der Waals surface area contributed by atoms with Crippen molar-refractivity contribution in [2.45, 2.75) is 26.9 Å². The molecule has 0 aliphatic rings. The van der Waals surface area contributed by atoms with Crippen LogP contribution in [-0.2, 0) is 13.1 Å². The summed E-state index contributed by atoms with van der Waals surface area (Å²) in [4.78, 5) is 13.6. The molecule has 31 heavy (non-hydrogen) atoms. The van der Waals surface area contributed by atoms with E-state index in [0.717, 1.165) is 48.2 Å². The predicted octanol–water partition coefficient (Wildman–Crippen LogP) is 6.11. The van der Waals surface area contributed by atoms with Gasteiger partial charge in [0, 0.05) is 47.4 Å². The highest BCUT2D eigenvalue weighted by Crippen LogP contribution is 2.38. The molecule has 0 radical (unpaired) electrons.